The highest BCUT2D eigenvalue weighted by atomic mass is 16.5. The number of furan rings is 1. The van der Waals surface area contributed by atoms with E-state index in [1.165, 1.54) is 0 Å². The summed E-state index contributed by atoms with van der Waals surface area (Å²) in [5.74, 6) is 0.714. The van der Waals surface area contributed by atoms with Crippen LogP contribution in [0.1, 0.15) is 18.7 Å². The van der Waals surface area contributed by atoms with E-state index in [2.05, 4.69) is 14.8 Å². The summed E-state index contributed by atoms with van der Waals surface area (Å²) < 4.78 is 11.2. The Morgan fingerprint density at radius 3 is 2.75 bits per heavy atom. The zero-order valence-corrected chi connectivity index (χ0v) is 16.2. The molecule has 2 aliphatic rings. The summed E-state index contributed by atoms with van der Waals surface area (Å²) in [6.45, 7) is 6.50. The van der Waals surface area contributed by atoms with Gasteiger partial charge in [0.1, 0.15) is 24.8 Å². The molecule has 0 spiro atoms. The highest BCUT2D eigenvalue weighted by molar-refractivity contribution is 6.33. The van der Waals surface area contributed by atoms with E-state index >= 15 is 0 Å². The topological polar surface area (TPSA) is 74.6 Å². The van der Waals surface area contributed by atoms with Crippen LogP contribution in [0.15, 0.2) is 27.4 Å². The Morgan fingerprint density at radius 1 is 1.18 bits per heavy atom. The number of aromatic nitrogens is 2. The number of likely N-dealkylation sites (tertiary alicyclic amines) is 1. The zero-order chi connectivity index (χ0) is 19.1. The Hall–Kier alpha value is -2.16. The second-order valence-electron chi connectivity index (χ2n) is 7.95. The molecule has 2 aromatic heterocycles. The van der Waals surface area contributed by atoms with Gasteiger partial charge >= 0.3 is 0 Å². The van der Waals surface area contributed by atoms with Gasteiger partial charge in [-0.25, -0.2) is 4.98 Å². The van der Waals surface area contributed by atoms with Crippen LogP contribution in [0, 0.1) is 0 Å². The van der Waals surface area contributed by atoms with E-state index in [4.69, 9.17) is 14.1 Å². The van der Waals surface area contributed by atoms with E-state index < -0.39 is 0 Å². The van der Waals surface area contributed by atoms with Crippen LogP contribution < -0.4 is 11.0 Å². The molecule has 5 rings (SSSR count). The third-order valence-corrected chi connectivity index (χ3v) is 6.02. The van der Waals surface area contributed by atoms with Crippen molar-refractivity contribution in [3.8, 4) is 0 Å². The molecule has 1 aromatic carbocycles. The van der Waals surface area contributed by atoms with Crippen LogP contribution in [0.3, 0.4) is 0 Å². The van der Waals surface area contributed by atoms with Crippen LogP contribution in [-0.2, 0) is 11.3 Å². The van der Waals surface area contributed by atoms with Gasteiger partial charge in [-0.3, -0.25) is 14.6 Å². The maximum atomic E-state index is 12.5. The van der Waals surface area contributed by atoms with Gasteiger partial charge in [-0.05, 0) is 18.9 Å². The monoisotopic (exact) mass is 380 g/mol. The fourth-order valence-corrected chi connectivity index (χ4v) is 4.49. The zero-order valence-electron chi connectivity index (χ0n) is 16.2. The van der Waals surface area contributed by atoms with Crippen molar-refractivity contribution in [3.05, 3.63) is 34.4 Å². The van der Waals surface area contributed by atoms with Gasteiger partial charge in [-0.1, -0.05) is 17.6 Å². The Morgan fingerprint density at radius 2 is 1.96 bits per heavy atom. The maximum Gasteiger partial charge on any atom is 0.294 e. The molecule has 1 N–H and O–H groups in total. The molecule has 0 amide bonds. The van der Waals surface area contributed by atoms with E-state index in [0.29, 0.717) is 35.1 Å². The number of H-pyrrole nitrogens is 1. The second kappa shape index (κ2) is 7.35. The van der Waals surface area contributed by atoms with Gasteiger partial charge in [-0.2, -0.15) is 0 Å². The fourth-order valence-electron chi connectivity index (χ4n) is 4.49. The summed E-state index contributed by atoms with van der Waals surface area (Å²) in [5, 5.41) is 0.911. The standard InChI is InChI=1S/C20H25BN4O3/c21-13-1-2-16-15(11-13)18-19(28-16)20(26)23-17(22-18)12-24-5-3-14(4-6-24)25-7-9-27-10-8-25/h1-2,11,14H,3-10,12,21H2,(H,22,23,26). The van der Waals surface area contributed by atoms with E-state index in [-0.39, 0.29) is 5.56 Å². The molecule has 0 atom stereocenters. The minimum Gasteiger partial charge on any atom is -0.449 e. The number of ether oxygens (including phenoxy) is 1. The SMILES string of the molecule is Bc1ccc2oc3c(=O)[nH]c(CN4CCC(N5CCOCC5)CC4)nc3c2c1. The molecule has 2 fully saturated rings. The number of nitrogens with one attached hydrogen (secondary N) is 1. The summed E-state index contributed by atoms with van der Waals surface area (Å²) >= 11 is 0. The Balaban J connectivity index is 1.33. The Bertz CT molecular complexity index is 1050. The molecule has 0 aliphatic carbocycles. The highest BCUT2D eigenvalue weighted by Gasteiger charge is 2.26. The maximum absolute atomic E-state index is 12.5. The number of morpholine rings is 1. The van der Waals surface area contributed by atoms with Gasteiger partial charge in [0.2, 0.25) is 5.58 Å². The summed E-state index contributed by atoms with van der Waals surface area (Å²) in [5.41, 5.74) is 2.62. The molecule has 146 valence electrons. The fraction of sp³-hybridized carbons (Fsp3) is 0.500. The quantitative estimate of drug-likeness (QED) is 0.656. The van der Waals surface area contributed by atoms with Crippen LogP contribution in [0.25, 0.3) is 22.1 Å². The molecule has 4 heterocycles. The highest BCUT2D eigenvalue weighted by Crippen LogP contribution is 2.24. The lowest BCUT2D eigenvalue weighted by Gasteiger charge is -2.39. The lowest BCUT2D eigenvalue weighted by atomic mass is 9.95. The number of piperidine rings is 1. The average molecular weight is 380 g/mol. The van der Waals surface area contributed by atoms with E-state index in [1.54, 1.807) is 0 Å². The van der Waals surface area contributed by atoms with Crippen molar-refractivity contribution in [3.63, 3.8) is 0 Å². The van der Waals surface area contributed by atoms with Crippen molar-refractivity contribution < 1.29 is 9.15 Å². The van der Waals surface area contributed by atoms with Crippen molar-refractivity contribution >= 4 is 35.4 Å². The lowest BCUT2D eigenvalue weighted by Crippen LogP contribution is -2.48. The van der Waals surface area contributed by atoms with E-state index in [1.807, 2.05) is 26.0 Å². The summed E-state index contributed by atoms with van der Waals surface area (Å²) in [6.07, 6.45) is 2.31. The second-order valence-corrected chi connectivity index (χ2v) is 7.95. The van der Waals surface area contributed by atoms with Gasteiger partial charge in [-0.15, -0.1) is 0 Å². The minimum atomic E-state index is -0.197. The molecule has 3 aromatic rings. The summed E-state index contributed by atoms with van der Waals surface area (Å²) in [6, 6.07) is 6.57. The first-order valence-corrected chi connectivity index (χ1v) is 10.1. The number of benzene rings is 1. The average Bonchev–Trinajstić information content (AvgIpc) is 3.08. The van der Waals surface area contributed by atoms with E-state index in [9.17, 15) is 4.79 Å². The summed E-state index contributed by atoms with van der Waals surface area (Å²) in [7, 11) is 2.03. The molecule has 0 bridgehead atoms. The Kier molecular flexibility index (Phi) is 4.70. The number of hydrogen-bond donors (Lipinski definition) is 1. The first-order chi connectivity index (χ1) is 13.7. The third kappa shape index (κ3) is 3.36. The molecular weight excluding hydrogens is 355 g/mol. The molecule has 2 aliphatic heterocycles. The molecule has 0 saturated carbocycles. The predicted molar refractivity (Wildman–Crippen MR) is 111 cm³/mol. The molecule has 28 heavy (non-hydrogen) atoms. The van der Waals surface area contributed by atoms with E-state index in [0.717, 1.165) is 63.1 Å². The molecule has 2 saturated heterocycles. The largest absolute Gasteiger partial charge is 0.449 e. The van der Waals surface area contributed by atoms with Crippen LogP contribution in [0.4, 0.5) is 0 Å². The van der Waals surface area contributed by atoms with Crippen LogP contribution >= 0.6 is 0 Å². The van der Waals surface area contributed by atoms with Crippen molar-refractivity contribution in [1.82, 2.24) is 19.8 Å². The van der Waals surface area contributed by atoms with Gasteiger partial charge < -0.3 is 14.1 Å². The number of hydrogen-bond acceptors (Lipinski definition) is 6. The smallest absolute Gasteiger partial charge is 0.294 e. The third-order valence-electron chi connectivity index (χ3n) is 6.02. The van der Waals surface area contributed by atoms with Crippen molar-refractivity contribution in [2.45, 2.75) is 25.4 Å². The molecule has 0 unspecified atom stereocenters. The molecule has 8 heteroatoms. The first-order valence-electron chi connectivity index (χ1n) is 10.1. The lowest BCUT2D eigenvalue weighted by molar-refractivity contribution is 0.0000373. The predicted octanol–water partition coefficient (Wildman–Crippen LogP) is 0.224. The Labute approximate surface area is 164 Å². The van der Waals surface area contributed by atoms with Gasteiger partial charge in [0.25, 0.3) is 5.56 Å². The molecule has 7 nitrogen and oxygen atoms in total. The van der Waals surface area contributed by atoms with Crippen LogP contribution in [0.5, 0.6) is 0 Å². The van der Waals surface area contributed by atoms with Gasteiger partial charge in [0.15, 0.2) is 0 Å². The normalized spacial score (nSPS) is 20.3. The van der Waals surface area contributed by atoms with Crippen LogP contribution in [-0.4, -0.2) is 73.0 Å². The summed E-state index contributed by atoms with van der Waals surface area (Å²) in [4.78, 5) is 25.1. The van der Waals surface area contributed by atoms with Crippen molar-refractivity contribution in [2.24, 2.45) is 0 Å². The number of aromatic amines is 1. The molecule has 0 radical (unpaired) electrons. The number of rotatable bonds is 3. The van der Waals surface area contributed by atoms with Crippen LogP contribution in [0.2, 0.25) is 0 Å². The van der Waals surface area contributed by atoms with Gasteiger partial charge in [0, 0.05) is 37.6 Å². The van der Waals surface area contributed by atoms with Gasteiger partial charge in [0.05, 0.1) is 19.8 Å². The molecular formula is C20H25BN4O3. The first kappa shape index (κ1) is 17.9. The van der Waals surface area contributed by atoms with Crippen molar-refractivity contribution in [1.29, 1.82) is 0 Å². The minimum absolute atomic E-state index is 0.197. The number of fused-ring (bicyclic) bond motifs is 3. The number of nitrogens with zero attached hydrogens (tertiary/aromatic N) is 3. The van der Waals surface area contributed by atoms with Crippen molar-refractivity contribution in [2.75, 3.05) is 39.4 Å².